The maximum atomic E-state index is 10.4. The minimum Gasteiger partial charge on any atom is -0.393 e. The van der Waals surface area contributed by atoms with Crippen LogP contribution in [0.15, 0.2) is 11.6 Å². The molecule has 6 atom stereocenters. The summed E-state index contributed by atoms with van der Waals surface area (Å²) in [6.45, 7) is 2.36. The normalized spacial score (nSPS) is 52.9. The Kier molecular flexibility index (Phi) is 2.85. The lowest BCUT2D eigenvalue weighted by molar-refractivity contribution is 0.00819. The lowest BCUT2D eigenvalue weighted by Crippen LogP contribution is -2.43. The quantitative estimate of drug-likeness (QED) is 0.643. The van der Waals surface area contributed by atoms with Crippen LogP contribution in [0.5, 0.6) is 0 Å². The van der Waals surface area contributed by atoms with Gasteiger partial charge in [-0.15, -0.1) is 0 Å². The number of allylic oxidation sites excluding steroid dienone is 2. The third kappa shape index (κ3) is 1.70. The first-order valence-corrected chi connectivity index (χ1v) is 8.58. The van der Waals surface area contributed by atoms with Crippen molar-refractivity contribution < 1.29 is 5.11 Å². The van der Waals surface area contributed by atoms with Crippen LogP contribution >= 0.6 is 0 Å². The molecule has 0 bridgehead atoms. The van der Waals surface area contributed by atoms with Gasteiger partial charge >= 0.3 is 0 Å². The molecular weight excluding hydrogens is 232 g/mol. The van der Waals surface area contributed by atoms with Crippen molar-refractivity contribution in [2.45, 2.75) is 70.8 Å². The summed E-state index contributed by atoms with van der Waals surface area (Å²) < 4.78 is 0. The van der Waals surface area contributed by atoms with E-state index in [0.717, 1.165) is 36.5 Å². The van der Waals surface area contributed by atoms with Crippen LogP contribution in [0, 0.1) is 29.1 Å². The number of aliphatic hydroxyl groups is 1. The molecule has 1 nitrogen and oxygen atoms in total. The zero-order chi connectivity index (χ0) is 13.0. The second-order valence-electron chi connectivity index (χ2n) is 7.95. The van der Waals surface area contributed by atoms with Crippen LogP contribution in [0.1, 0.15) is 64.7 Å². The third-order valence-electron chi connectivity index (χ3n) is 7.24. The second kappa shape index (κ2) is 4.35. The molecule has 0 heterocycles. The van der Waals surface area contributed by atoms with Crippen molar-refractivity contribution >= 4 is 0 Å². The van der Waals surface area contributed by atoms with Crippen LogP contribution in [-0.2, 0) is 0 Å². The number of hydrogen-bond donors (Lipinski definition) is 1. The minimum atomic E-state index is -0.0422. The van der Waals surface area contributed by atoms with Crippen molar-refractivity contribution in [2.75, 3.05) is 0 Å². The maximum Gasteiger partial charge on any atom is 0.0599 e. The summed E-state index contributed by atoms with van der Waals surface area (Å²) in [7, 11) is 0. The summed E-state index contributed by atoms with van der Waals surface area (Å²) in [6, 6.07) is 0. The van der Waals surface area contributed by atoms with Crippen LogP contribution in [0.4, 0.5) is 0 Å². The zero-order valence-corrected chi connectivity index (χ0v) is 12.3. The lowest BCUT2D eigenvalue weighted by atomic mass is 9.55. The largest absolute Gasteiger partial charge is 0.393 e. The van der Waals surface area contributed by atoms with Crippen LogP contribution in [0.2, 0.25) is 0 Å². The SMILES string of the molecule is C[C@]12CC=C3[C@H]4CCCCC4CC[C@H]3[C@@H]1CC[C@H]2O. The van der Waals surface area contributed by atoms with E-state index in [0.29, 0.717) is 0 Å². The molecule has 3 saturated carbocycles. The average Bonchev–Trinajstić information content (AvgIpc) is 2.75. The van der Waals surface area contributed by atoms with Crippen molar-refractivity contribution in [1.82, 2.24) is 0 Å². The molecule has 1 N–H and O–H groups in total. The van der Waals surface area contributed by atoms with Gasteiger partial charge in [0, 0.05) is 5.41 Å². The first-order valence-electron chi connectivity index (χ1n) is 8.58. The fraction of sp³-hybridized carbons (Fsp3) is 0.889. The summed E-state index contributed by atoms with van der Waals surface area (Å²) in [5.41, 5.74) is 2.04. The monoisotopic (exact) mass is 260 g/mol. The predicted molar refractivity (Wildman–Crippen MR) is 77.7 cm³/mol. The van der Waals surface area contributed by atoms with E-state index in [9.17, 15) is 5.11 Å². The summed E-state index contributed by atoms with van der Waals surface area (Å²) in [4.78, 5) is 0. The first kappa shape index (κ1) is 12.4. The Morgan fingerprint density at radius 1 is 1.00 bits per heavy atom. The van der Waals surface area contributed by atoms with Gasteiger partial charge in [-0.1, -0.05) is 31.4 Å². The molecule has 106 valence electrons. The van der Waals surface area contributed by atoms with Gasteiger partial charge in [0.25, 0.3) is 0 Å². The van der Waals surface area contributed by atoms with E-state index in [2.05, 4.69) is 13.0 Å². The number of fused-ring (bicyclic) bond motifs is 5. The van der Waals surface area contributed by atoms with Crippen molar-refractivity contribution in [3.8, 4) is 0 Å². The molecule has 0 radical (unpaired) electrons. The summed E-state index contributed by atoms with van der Waals surface area (Å²) >= 11 is 0. The number of aliphatic hydroxyl groups excluding tert-OH is 1. The second-order valence-corrected chi connectivity index (χ2v) is 7.95. The highest BCUT2D eigenvalue weighted by atomic mass is 16.3. The Hall–Kier alpha value is -0.300. The fourth-order valence-corrected chi connectivity index (χ4v) is 6.09. The van der Waals surface area contributed by atoms with Gasteiger partial charge in [-0.25, -0.2) is 0 Å². The van der Waals surface area contributed by atoms with Gasteiger partial charge in [0.2, 0.25) is 0 Å². The molecule has 1 heteroatoms. The molecule has 4 aliphatic rings. The van der Waals surface area contributed by atoms with Gasteiger partial charge in [-0.3, -0.25) is 0 Å². The van der Waals surface area contributed by atoms with Crippen molar-refractivity contribution in [3.63, 3.8) is 0 Å². The van der Waals surface area contributed by atoms with Crippen LogP contribution < -0.4 is 0 Å². The molecule has 0 amide bonds. The van der Waals surface area contributed by atoms with E-state index in [4.69, 9.17) is 0 Å². The van der Waals surface area contributed by atoms with E-state index < -0.39 is 0 Å². The van der Waals surface area contributed by atoms with E-state index >= 15 is 0 Å². The zero-order valence-electron chi connectivity index (χ0n) is 12.3. The molecule has 4 rings (SSSR count). The molecule has 0 spiro atoms. The van der Waals surface area contributed by atoms with Crippen molar-refractivity contribution in [2.24, 2.45) is 29.1 Å². The number of hydrogen-bond acceptors (Lipinski definition) is 1. The molecule has 1 unspecified atom stereocenters. The molecule has 19 heavy (non-hydrogen) atoms. The smallest absolute Gasteiger partial charge is 0.0599 e. The minimum absolute atomic E-state index is 0.0422. The summed E-state index contributed by atoms with van der Waals surface area (Å²) in [5.74, 6) is 3.54. The van der Waals surface area contributed by atoms with Gasteiger partial charge < -0.3 is 5.11 Å². The van der Waals surface area contributed by atoms with Gasteiger partial charge in [0.05, 0.1) is 6.10 Å². The molecule has 0 aromatic heterocycles. The Morgan fingerprint density at radius 3 is 2.74 bits per heavy atom. The maximum absolute atomic E-state index is 10.4. The molecule has 4 aliphatic carbocycles. The predicted octanol–water partition coefficient (Wildman–Crippen LogP) is 4.31. The lowest BCUT2D eigenvalue weighted by Gasteiger charge is -2.50. The van der Waals surface area contributed by atoms with E-state index in [-0.39, 0.29) is 11.5 Å². The fourth-order valence-electron chi connectivity index (χ4n) is 6.09. The van der Waals surface area contributed by atoms with E-state index in [1.165, 1.54) is 44.9 Å². The first-order chi connectivity index (χ1) is 9.20. The Labute approximate surface area is 117 Å². The van der Waals surface area contributed by atoms with Crippen molar-refractivity contribution in [3.05, 3.63) is 11.6 Å². The Morgan fingerprint density at radius 2 is 1.84 bits per heavy atom. The molecule has 0 aromatic carbocycles. The summed E-state index contributed by atoms with van der Waals surface area (Å²) in [6.07, 6.45) is 14.8. The van der Waals surface area contributed by atoms with Gasteiger partial charge in [0.1, 0.15) is 0 Å². The highest BCUT2D eigenvalue weighted by Crippen LogP contribution is 2.60. The van der Waals surface area contributed by atoms with E-state index in [1.807, 2.05) is 5.57 Å². The summed E-state index contributed by atoms with van der Waals surface area (Å²) in [5, 5.41) is 10.4. The highest BCUT2D eigenvalue weighted by Gasteiger charge is 2.53. The van der Waals surface area contributed by atoms with Gasteiger partial charge in [-0.2, -0.15) is 0 Å². The van der Waals surface area contributed by atoms with Gasteiger partial charge in [0.15, 0.2) is 0 Å². The molecule has 0 saturated heterocycles. The average molecular weight is 260 g/mol. The van der Waals surface area contributed by atoms with Crippen LogP contribution in [0.25, 0.3) is 0 Å². The molecule has 0 aliphatic heterocycles. The van der Waals surface area contributed by atoms with Crippen LogP contribution in [-0.4, -0.2) is 11.2 Å². The van der Waals surface area contributed by atoms with Crippen LogP contribution in [0.3, 0.4) is 0 Å². The van der Waals surface area contributed by atoms with Gasteiger partial charge in [-0.05, 0) is 68.6 Å². The third-order valence-corrected chi connectivity index (χ3v) is 7.24. The Bertz CT molecular complexity index is 398. The number of rotatable bonds is 0. The molecule has 3 fully saturated rings. The standard InChI is InChI=1S/C18H28O/c1-18-11-10-14-13-5-3-2-4-12(13)6-7-15(14)16(18)8-9-17(18)19/h10,12-13,15-17,19H,2-9,11H2,1H3/t12?,13-,15+,16-,17+,18-/m0/s1. The molecular formula is C18H28O. The molecule has 0 aromatic rings. The Balaban J connectivity index is 1.66. The highest BCUT2D eigenvalue weighted by molar-refractivity contribution is 5.24. The van der Waals surface area contributed by atoms with Crippen molar-refractivity contribution in [1.29, 1.82) is 0 Å². The topological polar surface area (TPSA) is 20.2 Å². The van der Waals surface area contributed by atoms with E-state index in [1.54, 1.807) is 0 Å².